The minimum absolute atomic E-state index is 0.0762. The van der Waals surface area contributed by atoms with Gasteiger partial charge in [0.15, 0.2) is 5.69 Å². The van der Waals surface area contributed by atoms with E-state index in [-0.39, 0.29) is 23.3 Å². The minimum atomic E-state index is -0.447. The number of carbonyl (C=O) groups excluding carboxylic acids is 1. The number of carbonyl (C=O) groups is 1. The summed E-state index contributed by atoms with van der Waals surface area (Å²) >= 11 is 6.22. The lowest BCUT2D eigenvalue weighted by Crippen LogP contribution is -2.36. The van der Waals surface area contributed by atoms with Crippen LogP contribution in [0.2, 0.25) is 5.02 Å². The molecule has 3 heterocycles. The Balaban J connectivity index is 1.49. The molecule has 156 valence electrons. The number of nitrogens with zero attached hydrogens (tertiary/aromatic N) is 5. The topological polar surface area (TPSA) is 77.1 Å². The Morgan fingerprint density at radius 3 is 2.65 bits per heavy atom. The lowest BCUT2D eigenvalue weighted by molar-refractivity contribution is 0.0734. The lowest BCUT2D eigenvalue weighted by Gasteiger charge is -2.27. The van der Waals surface area contributed by atoms with Crippen molar-refractivity contribution < 1.29 is 13.6 Å². The van der Waals surface area contributed by atoms with E-state index in [2.05, 4.69) is 15.3 Å². The maximum absolute atomic E-state index is 14.1. The van der Waals surface area contributed by atoms with Crippen LogP contribution in [0.15, 0.2) is 52.9 Å². The Kier molecular flexibility index (Phi) is 4.78. The molecule has 2 aromatic carbocycles. The Hall–Kier alpha value is -3.52. The van der Waals surface area contributed by atoms with E-state index in [1.807, 2.05) is 7.05 Å². The molecule has 0 spiro atoms. The highest BCUT2D eigenvalue weighted by Crippen LogP contribution is 2.32. The van der Waals surface area contributed by atoms with Crippen molar-refractivity contribution in [3.05, 3.63) is 76.2 Å². The number of rotatable bonds is 3. The van der Waals surface area contributed by atoms with Gasteiger partial charge in [-0.05, 0) is 24.3 Å². The molecule has 0 bridgehead atoms. The summed E-state index contributed by atoms with van der Waals surface area (Å²) in [5.74, 6) is -0.338. The van der Waals surface area contributed by atoms with Crippen LogP contribution in [0.3, 0.4) is 0 Å². The summed E-state index contributed by atoms with van der Waals surface area (Å²) in [6.45, 7) is 0.875. The molecule has 1 amide bonds. The van der Waals surface area contributed by atoms with Crippen LogP contribution in [0.4, 0.5) is 4.39 Å². The van der Waals surface area contributed by atoms with Crippen LogP contribution in [0.1, 0.15) is 21.6 Å². The molecule has 1 aliphatic rings. The monoisotopic (exact) mass is 437 g/mol. The second kappa shape index (κ2) is 7.63. The second-order valence-electron chi connectivity index (χ2n) is 7.25. The zero-order valence-corrected chi connectivity index (χ0v) is 17.3. The summed E-state index contributed by atoms with van der Waals surface area (Å²) in [5, 5.41) is 13.0. The van der Waals surface area contributed by atoms with Crippen LogP contribution in [0.5, 0.6) is 0 Å². The number of amides is 1. The number of halogens is 2. The Bertz CT molecular complexity index is 1300. The van der Waals surface area contributed by atoms with Crippen LogP contribution in [-0.2, 0) is 20.0 Å². The van der Waals surface area contributed by atoms with Gasteiger partial charge in [0.05, 0.1) is 22.7 Å². The summed E-state index contributed by atoms with van der Waals surface area (Å²) in [7, 11) is 1.84. The first-order valence-corrected chi connectivity index (χ1v) is 10.1. The van der Waals surface area contributed by atoms with Crippen molar-refractivity contribution in [1.29, 1.82) is 0 Å². The van der Waals surface area contributed by atoms with Crippen LogP contribution >= 0.6 is 11.6 Å². The number of hydrogen-bond donors (Lipinski definition) is 0. The van der Waals surface area contributed by atoms with Gasteiger partial charge >= 0.3 is 0 Å². The van der Waals surface area contributed by atoms with E-state index in [0.29, 0.717) is 35.8 Å². The van der Waals surface area contributed by atoms with Crippen molar-refractivity contribution in [2.75, 3.05) is 6.54 Å². The summed E-state index contributed by atoms with van der Waals surface area (Å²) in [4.78, 5) is 14.8. The molecule has 0 saturated carbocycles. The van der Waals surface area contributed by atoms with E-state index in [0.717, 1.165) is 11.3 Å². The molecule has 0 N–H and O–H groups in total. The first-order chi connectivity index (χ1) is 15.0. The average molecular weight is 438 g/mol. The molecule has 0 fully saturated rings. The zero-order chi connectivity index (χ0) is 21.5. The van der Waals surface area contributed by atoms with Gasteiger partial charge in [0.1, 0.15) is 5.82 Å². The largest absolute Gasteiger partial charge is 0.414 e. The third-order valence-electron chi connectivity index (χ3n) is 5.37. The fraction of sp³-hybridized carbons (Fsp3) is 0.182. The van der Waals surface area contributed by atoms with Gasteiger partial charge in [-0.1, -0.05) is 35.9 Å². The standard InChI is InChI=1S/C22H17ClFN5O2/c1-28-18-10-11-29(22(30)13-6-2-4-8-16(13)23)12-15(18)19(27-28)21-26-25-20(31-21)14-7-3-5-9-17(14)24/h2-9H,10-12H2,1H3. The summed E-state index contributed by atoms with van der Waals surface area (Å²) in [5.41, 5.74) is 2.99. The predicted octanol–water partition coefficient (Wildman–Crippen LogP) is 4.13. The van der Waals surface area contributed by atoms with Crippen LogP contribution in [0, 0.1) is 5.82 Å². The first kappa shape index (κ1) is 19.4. The molecule has 9 heteroatoms. The third kappa shape index (κ3) is 3.38. The lowest BCUT2D eigenvalue weighted by atomic mass is 10.0. The van der Waals surface area contributed by atoms with E-state index < -0.39 is 5.82 Å². The Morgan fingerprint density at radius 2 is 1.84 bits per heavy atom. The van der Waals surface area contributed by atoms with Crippen LogP contribution in [0.25, 0.3) is 23.0 Å². The molecule has 31 heavy (non-hydrogen) atoms. The molecular formula is C22H17ClFN5O2. The molecule has 0 radical (unpaired) electrons. The average Bonchev–Trinajstić information content (AvgIpc) is 3.38. The highest BCUT2D eigenvalue weighted by molar-refractivity contribution is 6.33. The van der Waals surface area contributed by atoms with Crippen molar-refractivity contribution in [3.8, 4) is 23.0 Å². The van der Waals surface area contributed by atoms with E-state index in [1.54, 1.807) is 52.0 Å². The molecule has 7 nitrogen and oxygen atoms in total. The first-order valence-electron chi connectivity index (χ1n) is 9.70. The maximum Gasteiger partial charge on any atom is 0.268 e. The summed E-state index contributed by atoms with van der Waals surface area (Å²) < 4.78 is 21.6. The van der Waals surface area contributed by atoms with Crippen molar-refractivity contribution in [2.24, 2.45) is 7.05 Å². The molecule has 0 saturated heterocycles. The van der Waals surface area contributed by atoms with Gasteiger partial charge < -0.3 is 9.32 Å². The molecule has 1 aliphatic heterocycles. The molecule has 0 aliphatic carbocycles. The zero-order valence-electron chi connectivity index (χ0n) is 16.5. The number of aryl methyl sites for hydroxylation is 1. The van der Waals surface area contributed by atoms with Gasteiger partial charge in [0.25, 0.3) is 17.7 Å². The van der Waals surface area contributed by atoms with Gasteiger partial charge in [0.2, 0.25) is 0 Å². The van der Waals surface area contributed by atoms with Gasteiger partial charge in [-0.25, -0.2) is 4.39 Å². The van der Waals surface area contributed by atoms with Gasteiger partial charge in [-0.3, -0.25) is 9.48 Å². The number of benzene rings is 2. The van der Waals surface area contributed by atoms with Crippen LogP contribution < -0.4 is 0 Å². The van der Waals surface area contributed by atoms with Crippen molar-refractivity contribution in [3.63, 3.8) is 0 Å². The molecule has 4 aromatic rings. The quantitative estimate of drug-likeness (QED) is 0.481. The van der Waals surface area contributed by atoms with E-state index >= 15 is 0 Å². The number of aromatic nitrogens is 4. The SMILES string of the molecule is Cn1nc(-c2nnc(-c3ccccc3F)o2)c2c1CCN(C(=O)c1ccccc1Cl)C2. The van der Waals surface area contributed by atoms with E-state index in [9.17, 15) is 9.18 Å². The van der Waals surface area contributed by atoms with Gasteiger partial charge in [-0.2, -0.15) is 5.10 Å². The normalized spacial score (nSPS) is 13.3. The van der Waals surface area contributed by atoms with Gasteiger partial charge in [0, 0.05) is 31.3 Å². The summed E-state index contributed by atoms with van der Waals surface area (Å²) in [6.07, 6.45) is 0.628. The summed E-state index contributed by atoms with van der Waals surface area (Å²) in [6, 6.07) is 13.2. The molecule has 5 rings (SSSR count). The van der Waals surface area contributed by atoms with Gasteiger partial charge in [-0.15, -0.1) is 10.2 Å². The van der Waals surface area contributed by atoms with E-state index in [1.165, 1.54) is 6.07 Å². The molecule has 0 atom stereocenters. The molecule has 2 aromatic heterocycles. The van der Waals surface area contributed by atoms with Crippen molar-refractivity contribution in [2.45, 2.75) is 13.0 Å². The Morgan fingerprint density at radius 1 is 1.10 bits per heavy atom. The fourth-order valence-electron chi connectivity index (χ4n) is 3.80. The van der Waals surface area contributed by atoms with E-state index in [4.69, 9.17) is 16.0 Å². The third-order valence-corrected chi connectivity index (χ3v) is 5.70. The van der Waals surface area contributed by atoms with Crippen molar-refractivity contribution >= 4 is 17.5 Å². The van der Waals surface area contributed by atoms with Crippen LogP contribution in [-0.4, -0.2) is 37.3 Å². The molecule has 0 unspecified atom stereocenters. The maximum atomic E-state index is 14.1. The highest BCUT2D eigenvalue weighted by atomic mass is 35.5. The minimum Gasteiger partial charge on any atom is -0.414 e. The Labute approximate surface area is 182 Å². The highest BCUT2D eigenvalue weighted by Gasteiger charge is 2.30. The van der Waals surface area contributed by atoms with Crippen molar-refractivity contribution in [1.82, 2.24) is 24.9 Å². The fourth-order valence-corrected chi connectivity index (χ4v) is 4.02. The second-order valence-corrected chi connectivity index (χ2v) is 7.65. The number of hydrogen-bond acceptors (Lipinski definition) is 5. The molecular weight excluding hydrogens is 421 g/mol. The smallest absolute Gasteiger partial charge is 0.268 e. The number of fused-ring (bicyclic) bond motifs is 1. The predicted molar refractivity (Wildman–Crippen MR) is 112 cm³/mol.